The van der Waals surface area contributed by atoms with E-state index in [1.54, 1.807) is 6.08 Å². The summed E-state index contributed by atoms with van der Waals surface area (Å²) in [5, 5.41) is -1.01. The second-order valence-corrected chi connectivity index (χ2v) is 7.35. The average molecular weight is 242 g/mol. The predicted octanol–water partition coefficient (Wildman–Crippen LogP) is 5.25. The molecule has 1 aliphatic carbocycles. The number of hydrogen-bond acceptors (Lipinski definition) is 0. The van der Waals surface area contributed by atoms with Crippen LogP contribution in [0.15, 0.2) is 24.3 Å². The summed E-state index contributed by atoms with van der Waals surface area (Å²) in [4.78, 5) is 0. The van der Waals surface area contributed by atoms with Gasteiger partial charge in [0.1, 0.15) is 0 Å². The van der Waals surface area contributed by atoms with Crippen LogP contribution in [0.4, 0.5) is 4.39 Å². The van der Waals surface area contributed by atoms with Crippen molar-refractivity contribution < 1.29 is 4.39 Å². The number of alkyl halides is 1. The van der Waals surface area contributed by atoms with Gasteiger partial charge in [-0.3, -0.25) is 0 Å². The summed E-state index contributed by atoms with van der Waals surface area (Å²) in [6.07, 6.45) is 15.3. The van der Waals surface area contributed by atoms with E-state index in [1.807, 2.05) is 18.2 Å². The average Bonchev–Trinajstić information content (AvgIpc) is 2.30. The monoisotopic (exact) mass is 242 g/mol. The van der Waals surface area contributed by atoms with Crippen molar-refractivity contribution in [2.45, 2.75) is 51.4 Å². The summed E-state index contributed by atoms with van der Waals surface area (Å²) < 4.78 is 14.6. The first-order valence-corrected chi connectivity index (χ1v) is 8.22. The highest BCUT2D eigenvalue weighted by Crippen LogP contribution is 2.55. The van der Waals surface area contributed by atoms with Gasteiger partial charge in [-0.1, -0.05) is 59.3 Å². The molecule has 0 bridgehead atoms. The Hall–Kier alpha value is -0.160. The molecule has 92 valence electrons. The quantitative estimate of drug-likeness (QED) is 0.422. The molecule has 0 saturated carbocycles. The van der Waals surface area contributed by atoms with Gasteiger partial charge < -0.3 is 0 Å². The van der Waals surface area contributed by atoms with Crippen LogP contribution in [0.25, 0.3) is 0 Å². The van der Waals surface area contributed by atoms with Crippen molar-refractivity contribution in [2.75, 3.05) is 12.3 Å². The normalized spacial score (nSPS) is 25.9. The Kier molecular flexibility index (Phi) is 6.28. The lowest BCUT2D eigenvalue weighted by atomic mass is 10.1. The third-order valence-corrected chi connectivity index (χ3v) is 6.19. The van der Waals surface area contributed by atoms with Crippen LogP contribution in [0.5, 0.6) is 0 Å². The minimum absolute atomic E-state index is 0.480. The summed E-state index contributed by atoms with van der Waals surface area (Å²) in [7, 11) is -0.480. The first kappa shape index (κ1) is 13.9. The number of rotatable bonds is 7. The Labute approximate surface area is 101 Å². The highest BCUT2D eigenvalue weighted by atomic mass is 31.1. The lowest BCUT2D eigenvalue weighted by Gasteiger charge is -2.31. The van der Waals surface area contributed by atoms with Gasteiger partial charge in [0.05, 0.1) is 0 Å². The van der Waals surface area contributed by atoms with Crippen molar-refractivity contribution in [1.29, 1.82) is 0 Å². The van der Waals surface area contributed by atoms with Crippen molar-refractivity contribution in [1.82, 2.24) is 0 Å². The SMILES string of the molecule is CCCCCCP(CC)C1(F)C=CC=CC1. The van der Waals surface area contributed by atoms with E-state index in [2.05, 4.69) is 13.8 Å². The van der Waals surface area contributed by atoms with Gasteiger partial charge in [-0.25, -0.2) is 4.39 Å². The van der Waals surface area contributed by atoms with E-state index in [1.165, 1.54) is 25.7 Å². The summed E-state index contributed by atoms with van der Waals surface area (Å²) in [6, 6.07) is 0. The van der Waals surface area contributed by atoms with Crippen LogP contribution in [0.2, 0.25) is 0 Å². The molecule has 2 heteroatoms. The summed E-state index contributed by atoms with van der Waals surface area (Å²) >= 11 is 0. The second kappa shape index (κ2) is 7.22. The minimum atomic E-state index is -1.01. The highest BCUT2D eigenvalue weighted by Gasteiger charge is 2.34. The fourth-order valence-electron chi connectivity index (χ4n) is 2.15. The van der Waals surface area contributed by atoms with Crippen LogP contribution in [-0.4, -0.2) is 17.7 Å². The Bertz CT molecular complexity index is 247. The first-order chi connectivity index (χ1) is 7.73. The molecule has 0 N–H and O–H groups in total. The second-order valence-electron chi connectivity index (χ2n) is 4.45. The van der Waals surface area contributed by atoms with Gasteiger partial charge in [0.25, 0.3) is 0 Å². The van der Waals surface area contributed by atoms with Crippen molar-refractivity contribution in [3.63, 3.8) is 0 Å². The molecule has 0 aliphatic heterocycles. The Morgan fingerprint density at radius 3 is 2.56 bits per heavy atom. The Balaban J connectivity index is 2.40. The predicted molar refractivity (Wildman–Crippen MR) is 73.2 cm³/mol. The molecule has 0 aromatic heterocycles. The number of unbranched alkanes of at least 4 members (excludes halogenated alkanes) is 3. The first-order valence-electron chi connectivity index (χ1n) is 6.51. The molecule has 16 heavy (non-hydrogen) atoms. The smallest absolute Gasteiger partial charge is 0.151 e. The van der Waals surface area contributed by atoms with Crippen molar-refractivity contribution in [3.8, 4) is 0 Å². The molecule has 0 amide bonds. The molecule has 1 aliphatic rings. The van der Waals surface area contributed by atoms with E-state index < -0.39 is 13.3 Å². The lowest BCUT2D eigenvalue weighted by Crippen LogP contribution is -2.20. The van der Waals surface area contributed by atoms with E-state index in [0.717, 1.165) is 12.3 Å². The zero-order valence-corrected chi connectivity index (χ0v) is 11.5. The van der Waals surface area contributed by atoms with E-state index in [9.17, 15) is 4.39 Å². The van der Waals surface area contributed by atoms with Gasteiger partial charge in [-0.05, 0) is 24.8 Å². The van der Waals surface area contributed by atoms with Crippen LogP contribution in [0, 0.1) is 0 Å². The molecular formula is C14H24FP. The summed E-state index contributed by atoms with van der Waals surface area (Å²) in [5.74, 6) is 0. The molecule has 0 heterocycles. The van der Waals surface area contributed by atoms with Gasteiger partial charge in [-0.2, -0.15) is 0 Å². The van der Waals surface area contributed by atoms with Crippen LogP contribution in [-0.2, 0) is 0 Å². The molecule has 0 fully saturated rings. The van der Waals surface area contributed by atoms with Crippen LogP contribution in [0.3, 0.4) is 0 Å². The van der Waals surface area contributed by atoms with Gasteiger partial charge in [-0.15, -0.1) is 0 Å². The molecule has 0 aromatic rings. The molecule has 0 spiro atoms. The third-order valence-electron chi connectivity index (χ3n) is 3.19. The zero-order valence-electron chi connectivity index (χ0n) is 10.6. The summed E-state index contributed by atoms with van der Waals surface area (Å²) in [6.45, 7) is 4.35. The van der Waals surface area contributed by atoms with Crippen LogP contribution >= 0.6 is 7.92 Å². The van der Waals surface area contributed by atoms with Crippen molar-refractivity contribution in [2.24, 2.45) is 0 Å². The van der Waals surface area contributed by atoms with Gasteiger partial charge in [0.2, 0.25) is 0 Å². The number of hydrogen-bond donors (Lipinski definition) is 0. The van der Waals surface area contributed by atoms with Crippen molar-refractivity contribution >= 4 is 7.92 Å². The molecule has 1 rings (SSSR count). The zero-order chi connectivity index (χ0) is 11.9. The molecule has 2 unspecified atom stereocenters. The molecule has 2 atom stereocenters. The third kappa shape index (κ3) is 4.01. The fraction of sp³-hybridized carbons (Fsp3) is 0.714. The van der Waals surface area contributed by atoms with Gasteiger partial charge >= 0.3 is 0 Å². The maximum Gasteiger partial charge on any atom is 0.151 e. The van der Waals surface area contributed by atoms with E-state index in [0.29, 0.717) is 6.42 Å². The van der Waals surface area contributed by atoms with Crippen LogP contribution in [0.1, 0.15) is 46.0 Å². The van der Waals surface area contributed by atoms with E-state index in [4.69, 9.17) is 0 Å². The fourth-order valence-corrected chi connectivity index (χ4v) is 4.63. The molecule has 0 saturated heterocycles. The Morgan fingerprint density at radius 2 is 2.00 bits per heavy atom. The standard InChI is InChI=1S/C14H24FP/c1-3-5-6-10-13-16(4-2)14(15)11-8-7-9-12-14/h7-9,11H,3-6,10,12-13H2,1-2H3. The van der Waals surface area contributed by atoms with Crippen molar-refractivity contribution in [3.05, 3.63) is 24.3 Å². The molecule has 0 aromatic carbocycles. The molecule has 0 radical (unpaired) electrons. The highest BCUT2D eigenvalue weighted by molar-refractivity contribution is 7.59. The van der Waals surface area contributed by atoms with Gasteiger partial charge in [0, 0.05) is 6.42 Å². The topological polar surface area (TPSA) is 0 Å². The maximum absolute atomic E-state index is 14.6. The van der Waals surface area contributed by atoms with Gasteiger partial charge in [0.15, 0.2) is 5.41 Å². The van der Waals surface area contributed by atoms with E-state index >= 15 is 0 Å². The number of allylic oxidation sites excluding steroid dienone is 4. The number of halogens is 1. The Morgan fingerprint density at radius 1 is 1.19 bits per heavy atom. The largest absolute Gasteiger partial charge is 0.234 e. The minimum Gasteiger partial charge on any atom is -0.234 e. The van der Waals surface area contributed by atoms with E-state index in [-0.39, 0.29) is 0 Å². The van der Waals surface area contributed by atoms with Crippen LogP contribution < -0.4 is 0 Å². The summed E-state index contributed by atoms with van der Waals surface area (Å²) in [5.41, 5.74) is 0. The lowest BCUT2D eigenvalue weighted by molar-refractivity contribution is 0.347. The molecular weight excluding hydrogens is 218 g/mol. The molecule has 0 nitrogen and oxygen atoms in total. The maximum atomic E-state index is 14.6.